The molecular weight excluding hydrogens is 250 g/mol. The molecule has 3 nitrogen and oxygen atoms in total. The first kappa shape index (κ1) is 14.6. The number of nitrogens with zero attached hydrogens (tertiary/aromatic N) is 1. The molecule has 1 amide bonds. The minimum Gasteiger partial charge on any atom is -0.496 e. The molecule has 3 heteroatoms. The van der Waals surface area contributed by atoms with E-state index in [1.54, 1.807) is 13.2 Å². The van der Waals surface area contributed by atoms with Gasteiger partial charge in [0.25, 0.3) is 0 Å². The number of carbonyl (C=O) groups excluding carboxylic acids is 1. The minimum atomic E-state index is 0.219. The maximum absolute atomic E-state index is 12.3. The highest BCUT2D eigenvalue weighted by Crippen LogP contribution is 2.22. The third-order valence-corrected chi connectivity index (χ3v) is 3.88. The zero-order valence-electron chi connectivity index (χ0n) is 12.4. The van der Waals surface area contributed by atoms with Gasteiger partial charge >= 0.3 is 0 Å². The van der Waals surface area contributed by atoms with Gasteiger partial charge in [0.15, 0.2) is 0 Å². The number of carbonyl (C=O) groups is 1. The van der Waals surface area contributed by atoms with E-state index in [0.29, 0.717) is 12.3 Å². The molecule has 1 aromatic carbocycles. The lowest BCUT2D eigenvalue weighted by molar-refractivity contribution is -0.132. The number of likely N-dealkylation sites (tertiary alicyclic amines) is 1. The number of piperidine rings is 1. The number of methoxy groups -OCH3 is 1. The van der Waals surface area contributed by atoms with E-state index in [1.165, 1.54) is 6.42 Å². The van der Waals surface area contributed by atoms with Gasteiger partial charge in [0, 0.05) is 18.7 Å². The summed E-state index contributed by atoms with van der Waals surface area (Å²) in [5.74, 6) is 1.63. The van der Waals surface area contributed by atoms with Crippen molar-refractivity contribution in [2.45, 2.75) is 26.2 Å². The second-order valence-electron chi connectivity index (χ2n) is 5.54. The van der Waals surface area contributed by atoms with Crippen molar-refractivity contribution in [1.82, 2.24) is 4.90 Å². The summed E-state index contributed by atoms with van der Waals surface area (Å²) >= 11 is 0. The largest absolute Gasteiger partial charge is 0.496 e. The van der Waals surface area contributed by atoms with E-state index in [9.17, 15) is 4.79 Å². The Bertz CT molecular complexity index is 496. The third-order valence-electron chi connectivity index (χ3n) is 3.88. The fourth-order valence-corrected chi connectivity index (χ4v) is 2.76. The first-order valence-electron chi connectivity index (χ1n) is 7.21. The van der Waals surface area contributed by atoms with Gasteiger partial charge in [0.2, 0.25) is 5.91 Å². The van der Waals surface area contributed by atoms with Gasteiger partial charge < -0.3 is 9.64 Å². The van der Waals surface area contributed by atoms with Crippen molar-refractivity contribution >= 4 is 12.0 Å². The molecular formula is C17H23NO2. The van der Waals surface area contributed by atoms with Gasteiger partial charge in [0.05, 0.1) is 13.5 Å². The zero-order chi connectivity index (χ0) is 14.5. The van der Waals surface area contributed by atoms with Crippen LogP contribution in [-0.2, 0) is 11.2 Å². The molecule has 1 atom stereocenters. The number of benzene rings is 1. The van der Waals surface area contributed by atoms with Crippen LogP contribution < -0.4 is 4.74 Å². The van der Waals surface area contributed by atoms with Crippen LogP contribution in [0.15, 0.2) is 24.8 Å². The fourth-order valence-electron chi connectivity index (χ4n) is 2.76. The lowest BCUT2D eigenvalue weighted by Crippen LogP contribution is -2.39. The van der Waals surface area contributed by atoms with Crippen LogP contribution in [0.1, 0.15) is 30.9 Å². The van der Waals surface area contributed by atoms with Gasteiger partial charge in [-0.05, 0) is 36.5 Å². The number of hydrogen-bond donors (Lipinski definition) is 0. The monoisotopic (exact) mass is 273 g/mol. The maximum Gasteiger partial charge on any atom is 0.226 e. The van der Waals surface area contributed by atoms with Crippen molar-refractivity contribution in [3.8, 4) is 5.75 Å². The predicted octanol–water partition coefficient (Wildman–Crippen LogP) is 3.14. The molecule has 1 fully saturated rings. The van der Waals surface area contributed by atoms with Gasteiger partial charge in [-0.2, -0.15) is 0 Å². The Balaban J connectivity index is 2.05. The molecule has 1 heterocycles. The second kappa shape index (κ2) is 6.60. The van der Waals surface area contributed by atoms with E-state index in [-0.39, 0.29) is 5.91 Å². The molecule has 0 saturated carbocycles. The number of amides is 1. The number of hydrogen-bond acceptors (Lipinski definition) is 2. The van der Waals surface area contributed by atoms with E-state index >= 15 is 0 Å². The van der Waals surface area contributed by atoms with Crippen molar-refractivity contribution in [3.63, 3.8) is 0 Å². The molecule has 1 aliphatic heterocycles. The van der Waals surface area contributed by atoms with Gasteiger partial charge in [-0.25, -0.2) is 0 Å². The third kappa shape index (κ3) is 3.41. The molecule has 0 N–H and O–H groups in total. The van der Waals surface area contributed by atoms with E-state index in [0.717, 1.165) is 36.4 Å². The smallest absolute Gasteiger partial charge is 0.226 e. The van der Waals surface area contributed by atoms with Crippen molar-refractivity contribution in [1.29, 1.82) is 0 Å². The summed E-state index contributed by atoms with van der Waals surface area (Å²) < 4.78 is 5.26. The first-order chi connectivity index (χ1) is 9.63. The maximum atomic E-state index is 12.3. The molecule has 108 valence electrons. The van der Waals surface area contributed by atoms with E-state index in [1.807, 2.05) is 23.1 Å². The second-order valence-corrected chi connectivity index (χ2v) is 5.54. The van der Waals surface area contributed by atoms with E-state index < -0.39 is 0 Å². The Hall–Kier alpha value is -1.77. The zero-order valence-corrected chi connectivity index (χ0v) is 12.4. The van der Waals surface area contributed by atoms with Gasteiger partial charge in [-0.15, -0.1) is 0 Å². The van der Waals surface area contributed by atoms with E-state index in [4.69, 9.17) is 4.74 Å². The van der Waals surface area contributed by atoms with Crippen LogP contribution in [0.25, 0.3) is 6.08 Å². The molecule has 1 aliphatic rings. The number of rotatable bonds is 4. The molecule has 1 aromatic rings. The van der Waals surface area contributed by atoms with Crippen LogP contribution in [0.3, 0.4) is 0 Å². The molecule has 20 heavy (non-hydrogen) atoms. The Morgan fingerprint density at radius 3 is 3.00 bits per heavy atom. The average molecular weight is 273 g/mol. The van der Waals surface area contributed by atoms with Crippen LogP contribution in [-0.4, -0.2) is 31.0 Å². The molecule has 1 saturated heterocycles. The fraction of sp³-hybridized carbons (Fsp3) is 0.471. The summed E-state index contributed by atoms with van der Waals surface area (Å²) in [5.41, 5.74) is 1.95. The Morgan fingerprint density at radius 2 is 2.35 bits per heavy atom. The van der Waals surface area contributed by atoms with Crippen molar-refractivity contribution in [3.05, 3.63) is 35.9 Å². The summed E-state index contributed by atoms with van der Waals surface area (Å²) in [5, 5.41) is 0. The highest BCUT2D eigenvalue weighted by atomic mass is 16.5. The molecule has 0 aliphatic carbocycles. The number of ether oxygens (including phenoxy) is 1. The Kier molecular flexibility index (Phi) is 4.83. The molecule has 0 radical (unpaired) electrons. The Labute approximate surface area is 121 Å². The Morgan fingerprint density at radius 1 is 1.55 bits per heavy atom. The van der Waals surface area contributed by atoms with E-state index in [2.05, 4.69) is 13.5 Å². The summed E-state index contributed by atoms with van der Waals surface area (Å²) in [7, 11) is 1.64. The molecule has 2 rings (SSSR count). The molecule has 1 unspecified atom stereocenters. The average Bonchev–Trinajstić information content (AvgIpc) is 2.47. The molecule has 0 aromatic heterocycles. The lowest BCUT2D eigenvalue weighted by Gasteiger charge is -2.31. The van der Waals surface area contributed by atoms with Crippen molar-refractivity contribution < 1.29 is 9.53 Å². The summed E-state index contributed by atoms with van der Waals surface area (Å²) in [4.78, 5) is 14.3. The van der Waals surface area contributed by atoms with Crippen LogP contribution in [0, 0.1) is 5.92 Å². The minimum absolute atomic E-state index is 0.219. The topological polar surface area (TPSA) is 29.5 Å². The quantitative estimate of drug-likeness (QED) is 0.843. The summed E-state index contributed by atoms with van der Waals surface area (Å²) in [6, 6.07) is 5.84. The summed E-state index contributed by atoms with van der Waals surface area (Å²) in [6.45, 7) is 7.78. The lowest BCUT2D eigenvalue weighted by atomic mass is 9.99. The van der Waals surface area contributed by atoms with Gasteiger partial charge in [-0.1, -0.05) is 25.6 Å². The van der Waals surface area contributed by atoms with Crippen LogP contribution >= 0.6 is 0 Å². The standard InChI is InChI=1S/C17H23NO2/c1-4-15-10-14(7-8-16(15)20-3)11-17(19)18-9-5-6-13(2)12-18/h4,7-8,10,13H,1,5-6,9,11-12H2,2-3H3. The summed E-state index contributed by atoms with van der Waals surface area (Å²) in [6.07, 6.45) is 4.56. The normalized spacial score (nSPS) is 18.7. The van der Waals surface area contributed by atoms with Gasteiger partial charge in [-0.3, -0.25) is 4.79 Å². The van der Waals surface area contributed by atoms with Crippen LogP contribution in [0.5, 0.6) is 5.75 Å². The SMILES string of the molecule is C=Cc1cc(CC(=O)N2CCCC(C)C2)ccc1OC. The first-order valence-corrected chi connectivity index (χ1v) is 7.21. The van der Waals surface area contributed by atoms with Crippen molar-refractivity contribution in [2.75, 3.05) is 20.2 Å². The molecule has 0 spiro atoms. The van der Waals surface area contributed by atoms with Crippen LogP contribution in [0.2, 0.25) is 0 Å². The molecule has 0 bridgehead atoms. The van der Waals surface area contributed by atoms with Gasteiger partial charge in [0.1, 0.15) is 5.75 Å². The van der Waals surface area contributed by atoms with Crippen molar-refractivity contribution in [2.24, 2.45) is 5.92 Å². The van der Waals surface area contributed by atoms with Crippen LogP contribution in [0.4, 0.5) is 0 Å². The predicted molar refractivity (Wildman–Crippen MR) is 81.8 cm³/mol. The highest BCUT2D eigenvalue weighted by molar-refractivity contribution is 5.79. The highest BCUT2D eigenvalue weighted by Gasteiger charge is 2.21.